The number of para-hydroxylation sites is 1. The fourth-order valence-corrected chi connectivity index (χ4v) is 9.91. The summed E-state index contributed by atoms with van der Waals surface area (Å²) in [5.74, 6) is 0. The van der Waals surface area contributed by atoms with Gasteiger partial charge in [-0.25, -0.2) is 0 Å². The third-order valence-corrected chi connectivity index (χ3v) is 13.6. The average Bonchev–Trinajstić information content (AvgIpc) is 3.78. The quantitative estimate of drug-likeness (QED) is 0.138. The predicted molar refractivity (Wildman–Crippen MR) is 270 cm³/mol. The Bertz CT molecular complexity index is 3440. The molecular weight excluding hydrogens is 803 g/mol. The van der Waals surface area contributed by atoms with Gasteiger partial charge in [-0.05, 0) is 131 Å². The van der Waals surface area contributed by atoms with Crippen molar-refractivity contribution in [1.29, 1.82) is 0 Å². The first-order valence-corrected chi connectivity index (χ1v) is 22.6. The van der Waals surface area contributed by atoms with Crippen LogP contribution in [0.1, 0.15) is 53.2 Å². The van der Waals surface area contributed by atoms with E-state index < -0.39 is 10.8 Å². The Kier molecular flexibility index (Phi) is 10.3. The summed E-state index contributed by atoms with van der Waals surface area (Å²) in [4.78, 5) is 15.9. The Hall–Kier alpha value is -8.21. The van der Waals surface area contributed by atoms with E-state index in [-0.39, 0.29) is 0 Å². The van der Waals surface area contributed by atoms with Crippen LogP contribution in [0.25, 0.3) is 66.6 Å². The maximum Gasteiger partial charge on any atom is 0.144 e. The summed E-state index contributed by atoms with van der Waals surface area (Å²) in [5.41, 5.74) is 16.0. The molecule has 4 heterocycles. The second-order valence-electron chi connectivity index (χ2n) is 17.5. The number of furan rings is 1. The van der Waals surface area contributed by atoms with E-state index in [4.69, 9.17) is 19.4 Å². The molecule has 0 radical (unpaired) electrons. The molecule has 0 saturated carbocycles. The number of aromatic nitrogens is 3. The summed E-state index contributed by atoms with van der Waals surface area (Å²) in [6.45, 7) is 6.76. The highest BCUT2D eigenvalue weighted by Gasteiger charge is 2.38. The predicted octanol–water partition coefficient (Wildman–Crippen LogP) is 15.5. The average molecular weight is 850 g/mol. The zero-order valence-electron chi connectivity index (χ0n) is 37.2. The van der Waals surface area contributed by atoms with Gasteiger partial charge in [-0.2, -0.15) is 0 Å². The molecule has 11 aromatic rings. The topological polar surface area (TPSA) is 51.8 Å². The Morgan fingerprint density at radius 2 is 0.939 bits per heavy atom. The van der Waals surface area contributed by atoms with E-state index >= 15 is 0 Å². The van der Waals surface area contributed by atoms with Crippen LogP contribution in [0.15, 0.2) is 235 Å². The monoisotopic (exact) mass is 849 g/mol. The van der Waals surface area contributed by atoms with Crippen LogP contribution in [0.2, 0.25) is 0 Å². The number of fused-ring (bicyclic) bond motifs is 3. The van der Waals surface area contributed by atoms with Crippen molar-refractivity contribution in [2.45, 2.75) is 31.6 Å². The van der Waals surface area contributed by atoms with Crippen molar-refractivity contribution in [1.82, 2.24) is 15.0 Å². The van der Waals surface area contributed by atoms with E-state index in [9.17, 15) is 0 Å². The Morgan fingerprint density at radius 3 is 1.61 bits per heavy atom. The fraction of sp³-hybridized carbons (Fsp3) is 0.0806. The molecule has 66 heavy (non-hydrogen) atoms. The molecule has 4 nitrogen and oxygen atoms in total. The summed E-state index contributed by atoms with van der Waals surface area (Å²) in [5, 5.41) is 2.07. The van der Waals surface area contributed by atoms with Gasteiger partial charge in [0.1, 0.15) is 11.2 Å². The number of hydrogen-bond donors (Lipinski definition) is 0. The number of rotatable bonds is 10. The van der Waals surface area contributed by atoms with Gasteiger partial charge in [-0.1, -0.05) is 164 Å². The maximum absolute atomic E-state index is 6.94. The van der Waals surface area contributed by atoms with Crippen LogP contribution >= 0.6 is 0 Å². The lowest BCUT2D eigenvalue weighted by Gasteiger charge is -2.33. The molecule has 0 aliphatic carbocycles. The molecule has 11 rings (SSSR count). The van der Waals surface area contributed by atoms with Gasteiger partial charge in [0.05, 0.1) is 33.6 Å². The molecule has 2 atom stereocenters. The van der Waals surface area contributed by atoms with Crippen molar-refractivity contribution in [3.63, 3.8) is 0 Å². The van der Waals surface area contributed by atoms with Crippen molar-refractivity contribution >= 4 is 21.9 Å². The Labute approximate surface area is 386 Å². The van der Waals surface area contributed by atoms with Crippen LogP contribution in [0.3, 0.4) is 0 Å². The fourth-order valence-electron chi connectivity index (χ4n) is 9.91. The highest BCUT2D eigenvalue weighted by Crippen LogP contribution is 2.47. The highest BCUT2D eigenvalue weighted by atomic mass is 16.3. The zero-order valence-corrected chi connectivity index (χ0v) is 37.2. The Morgan fingerprint density at radius 1 is 0.394 bits per heavy atom. The lowest BCUT2D eigenvalue weighted by molar-refractivity contribution is 0.636. The van der Waals surface area contributed by atoms with Crippen molar-refractivity contribution in [2.24, 2.45) is 0 Å². The van der Waals surface area contributed by atoms with Gasteiger partial charge >= 0.3 is 0 Å². The van der Waals surface area contributed by atoms with E-state index in [1.54, 1.807) is 0 Å². The van der Waals surface area contributed by atoms with Crippen molar-refractivity contribution in [3.8, 4) is 44.6 Å². The first kappa shape index (κ1) is 40.6. The summed E-state index contributed by atoms with van der Waals surface area (Å²) in [6, 6.07) is 77.2. The van der Waals surface area contributed by atoms with Crippen LogP contribution in [-0.2, 0) is 10.8 Å². The maximum atomic E-state index is 6.94. The van der Waals surface area contributed by atoms with Gasteiger partial charge in [0.15, 0.2) is 0 Å². The van der Waals surface area contributed by atoms with Gasteiger partial charge in [0, 0.05) is 28.7 Å². The smallest absolute Gasteiger partial charge is 0.144 e. The second-order valence-corrected chi connectivity index (χ2v) is 17.5. The molecule has 2 unspecified atom stereocenters. The number of pyridine rings is 3. The zero-order chi connectivity index (χ0) is 44.7. The standard InChI is InChI=1S/C62H47N3O/c1-42-52(46-22-9-5-10-23-46)41-55(65-60(42)62(3,48-25-11-6-12-26-48)58-31-16-18-37-64-58)54-40-50(39-53-51-28-13-14-29-56(51)66-59(53)54)61(2,57-30-15-17-36-63-57)49-27-19-24-47(38-49)45-34-32-44(33-35-45)43-20-7-4-8-21-43/h4-41H,1-3H3. The number of hydrogen-bond acceptors (Lipinski definition) is 4. The first-order chi connectivity index (χ1) is 32.4. The van der Waals surface area contributed by atoms with Gasteiger partial charge in [-0.3, -0.25) is 15.0 Å². The van der Waals surface area contributed by atoms with E-state index in [0.717, 1.165) is 94.8 Å². The highest BCUT2D eigenvalue weighted by molar-refractivity contribution is 6.10. The van der Waals surface area contributed by atoms with Crippen molar-refractivity contribution in [2.75, 3.05) is 0 Å². The van der Waals surface area contributed by atoms with Crippen LogP contribution in [0.4, 0.5) is 0 Å². The van der Waals surface area contributed by atoms with E-state index in [1.165, 1.54) is 11.1 Å². The van der Waals surface area contributed by atoms with Crippen molar-refractivity contribution in [3.05, 3.63) is 270 Å². The third kappa shape index (κ3) is 6.99. The van der Waals surface area contributed by atoms with Gasteiger partial charge in [0.25, 0.3) is 0 Å². The Balaban J connectivity index is 1.18. The van der Waals surface area contributed by atoms with E-state index in [0.29, 0.717) is 0 Å². The van der Waals surface area contributed by atoms with Gasteiger partial charge in [-0.15, -0.1) is 0 Å². The normalized spacial score (nSPS) is 13.3. The van der Waals surface area contributed by atoms with Crippen LogP contribution in [0, 0.1) is 6.92 Å². The summed E-state index contributed by atoms with van der Waals surface area (Å²) in [7, 11) is 0. The molecule has 0 aliphatic heterocycles. The molecule has 0 N–H and O–H groups in total. The third-order valence-electron chi connectivity index (χ3n) is 13.6. The molecule has 0 aliphatic rings. The van der Waals surface area contributed by atoms with Crippen LogP contribution in [-0.4, -0.2) is 15.0 Å². The molecule has 0 saturated heterocycles. The molecule has 0 bridgehead atoms. The summed E-state index contributed by atoms with van der Waals surface area (Å²) >= 11 is 0. The van der Waals surface area contributed by atoms with E-state index in [1.807, 2.05) is 30.6 Å². The first-order valence-electron chi connectivity index (χ1n) is 22.6. The van der Waals surface area contributed by atoms with Crippen LogP contribution in [0.5, 0.6) is 0 Å². The number of nitrogens with zero attached hydrogens (tertiary/aromatic N) is 3. The largest absolute Gasteiger partial charge is 0.455 e. The molecular formula is C62H47N3O. The molecule has 7 aromatic carbocycles. The molecule has 0 spiro atoms. The molecule has 4 heteroatoms. The lowest BCUT2D eigenvalue weighted by atomic mass is 9.71. The lowest BCUT2D eigenvalue weighted by Crippen LogP contribution is -2.29. The minimum absolute atomic E-state index is 0.704. The molecule has 0 fully saturated rings. The van der Waals surface area contributed by atoms with Crippen molar-refractivity contribution < 1.29 is 4.42 Å². The van der Waals surface area contributed by atoms with Crippen LogP contribution < -0.4 is 0 Å². The molecule has 316 valence electrons. The minimum atomic E-state index is -0.709. The SMILES string of the molecule is Cc1c(-c2ccccc2)cc(-c2cc(C(C)(c3cccc(-c4ccc(-c5ccccc5)cc4)c3)c3ccccn3)cc3c2oc2ccccc23)nc1C(C)(c1ccccc1)c1ccccn1. The summed E-state index contributed by atoms with van der Waals surface area (Å²) in [6.07, 6.45) is 3.77. The molecule has 0 amide bonds. The van der Waals surface area contributed by atoms with E-state index in [2.05, 4.69) is 221 Å². The van der Waals surface area contributed by atoms with Gasteiger partial charge in [0.2, 0.25) is 0 Å². The number of benzene rings is 7. The second kappa shape index (κ2) is 16.7. The van der Waals surface area contributed by atoms with Gasteiger partial charge < -0.3 is 4.42 Å². The minimum Gasteiger partial charge on any atom is -0.455 e. The summed E-state index contributed by atoms with van der Waals surface area (Å²) < 4.78 is 6.94. The molecule has 4 aromatic heterocycles.